The van der Waals surface area contributed by atoms with Crippen molar-refractivity contribution >= 4 is 17.7 Å². The molecule has 1 fully saturated rings. The molecule has 1 aliphatic heterocycles. The Kier molecular flexibility index (Phi) is 6.80. The van der Waals surface area contributed by atoms with Crippen LogP contribution in [-0.4, -0.2) is 64.9 Å². The average molecular weight is 338 g/mol. The molecule has 1 N–H and O–H groups in total. The van der Waals surface area contributed by atoms with Gasteiger partial charge in [-0.05, 0) is 33.8 Å². The molecule has 0 aromatic carbocycles. The van der Waals surface area contributed by atoms with E-state index >= 15 is 0 Å². The van der Waals surface area contributed by atoms with Gasteiger partial charge >= 0.3 is 0 Å². The van der Waals surface area contributed by atoms with Gasteiger partial charge in [0.25, 0.3) is 0 Å². The lowest BCUT2D eigenvalue weighted by Gasteiger charge is -2.35. The van der Waals surface area contributed by atoms with Gasteiger partial charge in [0.2, 0.25) is 5.91 Å². The Hall–Kier alpha value is -1.18. The number of aryl methyl sites for hydroxylation is 2. The Bertz CT molecular complexity index is 515. The number of carbonyl (C=O) groups excluding carboxylic acids is 1. The van der Waals surface area contributed by atoms with E-state index in [2.05, 4.69) is 34.0 Å². The smallest absolute Gasteiger partial charge is 0.230 e. The van der Waals surface area contributed by atoms with E-state index in [-0.39, 0.29) is 11.9 Å². The van der Waals surface area contributed by atoms with Crippen LogP contribution in [0.2, 0.25) is 0 Å². The van der Waals surface area contributed by atoms with Crippen LogP contribution in [0.25, 0.3) is 0 Å². The second-order valence-electron chi connectivity index (χ2n) is 5.97. The van der Waals surface area contributed by atoms with E-state index in [1.165, 1.54) is 11.8 Å². The van der Waals surface area contributed by atoms with Gasteiger partial charge in [-0.1, -0.05) is 11.8 Å². The number of carbonyl (C=O) groups is 1. The van der Waals surface area contributed by atoms with E-state index in [9.17, 15) is 4.79 Å². The third kappa shape index (κ3) is 5.75. The SMILES string of the molecule is Cc1cc(C)nc(SCC(=O)N[C@@H](C)[C@@H](C)N2CCOCC2)n1. The summed E-state index contributed by atoms with van der Waals surface area (Å²) in [5.74, 6) is 0.355. The van der Waals surface area contributed by atoms with Crippen molar-refractivity contribution in [3.05, 3.63) is 17.5 Å². The number of hydrogen-bond acceptors (Lipinski definition) is 6. The minimum Gasteiger partial charge on any atom is -0.379 e. The molecule has 23 heavy (non-hydrogen) atoms. The van der Waals surface area contributed by atoms with Crippen molar-refractivity contribution in [1.29, 1.82) is 0 Å². The first-order valence-corrected chi connectivity index (χ1v) is 9.00. The minimum absolute atomic E-state index is 0.0189. The lowest BCUT2D eigenvalue weighted by molar-refractivity contribution is -0.119. The maximum Gasteiger partial charge on any atom is 0.230 e. The van der Waals surface area contributed by atoms with E-state index in [0.717, 1.165) is 37.7 Å². The molecule has 0 saturated carbocycles. The number of thioether (sulfide) groups is 1. The Morgan fingerprint density at radius 2 is 1.91 bits per heavy atom. The van der Waals surface area contributed by atoms with Crippen LogP contribution in [0.3, 0.4) is 0 Å². The van der Waals surface area contributed by atoms with Crippen molar-refractivity contribution in [2.45, 2.75) is 44.9 Å². The molecule has 128 valence electrons. The molecule has 2 rings (SSSR count). The molecule has 1 amide bonds. The Balaban J connectivity index is 1.79. The molecule has 0 radical (unpaired) electrons. The predicted octanol–water partition coefficient (Wildman–Crippen LogP) is 1.41. The molecule has 1 aliphatic rings. The second-order valence-corrected chi connectivity index (χ2v) is 6.91. The first kappa shape index (κ1) is 18.2. The van der Waals surface area contributed by atoms with Gasteiger partial charge in [0, 0.05) is 36.6 Å². The fraction of sp³-hybridized carbons (Fsp3) is 0.688. The topological polar surface area (TPSA) is 67.4 Å². The largest absolute Gasteiger partial charge is 0.379 e. The van der Waals surface area contributed by atoms with Crippen LogP contribution < -0.4 is 5.32 Å². The van der Waals surface area contributed by atoms with E-state index in [1.54, 1.807) is 0 Å². The highest BCUT2D eigenvalue weighted by atomic mass is 32.2. The number of nitrogens with one attached hydrogen (secondary N) is 1. The number of hydrogen-bond donors (Lipinski definition) is 1. The first-order chi connectivity index (χ1) is 11.0. The lowest BCUT2D eigenvalue weighted by Crippen LogP contribution is -2.52. The van der Waals surface area contributed by atoms with Crippen LogP contribution in [0.1, 0.15) is 25.2 Å². The minimum atomic E-state index is 0.0189. The molecule has 1 saturated heterocycles. The number of rotatable bonds is 6. The van der Waals surface area contributed by atoms with Crippen molar-refractivity contribution in [1.82, 2.24) is 20.2 Å². The molecule has 0 spiro atoms. The number of amides is 1. The van der Waals surface area contributed by atoms with Gasteiger partial charge in [-0.25, -0.2) is 9.97 Å². The summed E-state index contributed by atoms with van der Waals surface area (Å²) in [6.07, 6.45) is 0. The maximum absolute atomic E-state index is 12.2. The van der Waals surface area contributed by atoms with Crippen molar-refractivity contribution in [2.75, 3.05) is 32.1 Å². The third-order valence-electron chi connectivity index (χ3n) is 4.03. The Morgan fingerprint density at radius 1 is 1.30 bits per heavy atom. The summed E-state index contributed by atoms with van der Waals surface area (Å²) in [5, 5.41) is 3.74. The summed E-state index contributed by atoms with van der Waals surface area (Å²) >= 11 is 1.38. The van der Waals surface area contributed by atoms with Crippen LogP contribution in [0.15, 0.2) is 11.2 Å². The van der Waals surface area contributed by atoms with E-state index < -0.39 is 0 Å². The normalized spacial score (nSPS) is 18.4. The molecular formula is C16H26N4O2S. The van der Waals surface area contributed by atoms with Gasteiger partial charge in [-0.2, -0.15) is 0 Å². The van der Waals surface area contributed by atoms with E-state index in [4.69, 9.17) is 4.74 Å². The van der Waals surface area contributed by atoms with Crippen LogP contribution in [0.5, 0.6) is 0 Å². The zero-order valence-corrected chi connectivity index (χ0v) is 15.2. The highest BCUT2D eigenvalue weighted by Crippen LogP contribution is 2.14. The molecule has 2 atom stereocenters. The molecule has 1 aromatic heterocycles. The molecule has 7 heteroatoms. The monoisotopic (exact) mass is 338 g/mol. The molecule has 0 bridgehead atoms. The zero-order valence-electron chi connectivity index (χ0n) is 14.3. The number of morpholine rings is 1. The van der Waals surface area contributed by atoms with Crippen LogP contribution >= 0.6 is 11.8 Å². The number of aromatic nitrogens is 2. The van der Waals surface area contributed by atoms with E-state index in [1.807, 2.05) is 19.9 Å². The summed E-state index contributed by atoms with van der Waals surface area (Å²) < 4.78 is 5.37. The fourth-order valence-corrected chi connectivity index (χ4v) is 3.37. The van der Waals surface area contributed by atoms with Crippen LogP contribution in [0.4, 0.5) is 0 Å². The van der Waals surface area contributed by atoms with Gasteiger partial charge in [-0.3, -0.25) is 9.69 Å². The van der Waals surface area contributed by atoms with Gasteiger partial charge < -0.3 is 10.1 Å². The van der Waals surface area contributed by atoms with Gasteiger partial charge in [0.15, 0.2) is 5.16 Å². The zero-order chi connectivity index (χ0) is 16.8. The summed E-state index contributed by atoms with van der Waals surface area (Å²) in [6.45, 7) is 11.5. The Labute approximate surface area is 142 Å². The van der Waals surface area contributed by atoms with Gasteiger partial charge in [0.05, 0.1) is 19.0 Å². The fourth-order valence-electron chi connectivity index (χ4n) is 2.61. The van der Waals surface area contributed by atoms with Crippen molar-refractivity contribution in [3.63, 3.8) is 0 Å². The molecular weight excluding hydrogens is 312 g/mol. The summed E-state index contributed by atoms with van der Waals surface area (Å²) in [7, 11) is 0. The van der Waals surface area contributed by atoms with Crippen LogP contribution in [-0.2, 0) is 9.53 Å². The quantitative estimate of drug-likeness (QED) is 0.625. The average Bonchev–Trinajstić information content (AvgIpc) is 2.52. The summed E-state index contributed by atoms with van der Waals surface area (Å²) in [5.41, 5.74) is 1.85. The van der Waals surface area contributed by atoms with E-state index in [0.29, 0.717) is 17.0 Å². The standard InChI is InChI=1S/C16H26N4O2S/c1-11-9-12(2)18-16(17-11)23-10-15(21)19-13(3)14(4)20-5-7-22-8-6-20/h9,13-14H,5-8,10H2,1-4H3,(H,19,21)/t13-,14+/m0/s1. The first-order valence-electron chi connectivity index (χ1n) is 8.02. The highest BCUT2D eigenvalue weighted by molar-refractivity contribution is 7.99. The molecule has 0 unspecified atom stereocenters. The van der Waals surface area contributed by atoms with Gasteiger partial charge in [-0.15, -0.1) is 0 Å². The molecule has 2 heterocycles. The third-order valence-corrected chi connectivity index (χ3v) is 4.88. The van der Waals surface area contributed by atoms with Crippen molar-refractivity contribution in [2.24, 2.45) is 0 Å². The second kappa shape index (κ2) is 8.61. The lowest BCUT2D eigenvalue weighted by atomic mass is 10.1. The molecule has 6 nitrogen and oxygen atoms in total. The van der Waals surface area contributed by atoms with Crippen molar-refractivity contribution in [3.8, 4) is 0 Å². The highest BCUT2D eigenvalue weighted by Gasteiger charge is 2.23. The van der Waals surface area contributed by atoms with Crippen molar-refractivity contribution < 1.29 is 9.53 Å². The summed E-state index contributed by atoms with van der Waals surface area (Å²) in [4.78, 5) is 23.2. The molecule has 1 aromatic rings. The van der Waals surface area contributed by atoms with Crippen LogP contribution in [0, 0.1) is 13.8 Å². The number of nitrogens with zero attached hydrogens (tertiary/aromatic N) is 3. The Morgan fingerprint density at radius 3 is 2.52 bits per heavy atom. The molecule has 0 aliphatic carbocycles. The summed E-state index contributed by atoms with van der Waals surface area (Å²) in [6, 6.07) is 2.32. The maximum atomic E-state index is 12.2. The predicted molar refractivity (Wildman–Crippen MR) is 91.7 cm³/mol. The van der Waals surface area contributed by atoms with Gasteiger partial charge in [0.1, 0.15) is 0 Å². The number of ether oxygens (including phenoxy) is 1.